The van der Waals surface area contributed by atoms with Gasteiger partial charge in [0, 0.05) is 20.3 Å². The van der Waals surface area contributed by atoms with Gasteiger partial charge in [0.15, 0.2) is 5.82 Å². The first kappa shape index (κ1) is 16.4. The van der Waals surface area contributed by atoms with Gasteiger partial charge in [0.1, 0.15) is 5.82 Å². The minimum absolute atomic E-state index is 0.207. The lowest BCUT2D eigenvalue weighted by Gasteiger charge is -2.24. The van der Waals surface area contributed by atoms with E-state index in [-0.39, 0.29) is 16.7 Å². The highest BCUT2D eigenvalue weighted by Gasteiger charge is 2.21. The van der Waals surface area contributed by atoms with Crippen molar-refractivity contribution < 1.29 is 18.3 Å². The van der Waals surface area contributed by atoms with Crippen molar-refractivity contribution in [2.24, 2.45) is 5.41 Å². The van der Waals surface area contributed by atoms with Crippen molar-refractivity contribution in [2.45, 2.75) is 20.3 Å². The summed E-state index contributed by atoms with van der Waals surface area (Å²) in [7, 11) is 1.60. The van der Waals surface area contributed by atoms with Crippen LogP contribution in [0.3, 0.4) is 0 Å². The second-order valence-electron chi connectivity index (χ2n) is 5.45. The summed E-state index contributed by atoms with van der Waals surface area (Å²) in [6, 6.07) is 1.68. The summed E-state index contributed by atoms with van der Waals surface area (Å²) in [5.74, 6) is -2.33. The third-order valence-corrected chi connectivity index (χ3v) is 3.02. The second-order valence-corrected chi connectivity index (χ2v) is 5.45. The number of methoxy groups -OCH3 is 1. The predicted molar refractivity (Wildman–Crippen MR) is 73.4 cm³/mol. The molecule has 0 saturated carbocycles. The molecular weight excluding hydrogens is 266 g/mol. The van der Waals surface area contributed by atoms with Gasteiger partial charge in [-0.05, 0) is 24.0 Å². The number of benzene rings is 1. The van der Waals surface area contributed by atoms with Crippen LogP contribution in [0.25, 0.3) is 0 Å². The van der Waals surface area contributed by atoms with Crippen molar-refractivity contribution in [1.29, 1.82) is 0 Å². The Hall–Kier alpha value is -1.69. The number of halogens is 2. The third-order valence-electron chi connectivity index (χ3n) is 3.02. The van der Waals surface area contributed by atoms with Crippen LogP contribution in [-0.2, 0) is 4.74 Å². The molecule has 0 radical (unpaired) electrons. The van der Waals surface area contributed by atoms with Gasteiger partial charge in [-0.3, -0.25) is 4.79 Å². The van der Waals surface area contributed by atoms with E-state index in [4.69, 9.17) is 10.5 Å². The number of amides is 1. The Bertz CT molecular complexity index is 490. The van der Waals surface area contributed by atoms with E-state index < -0.39 is 17.5 Å². The monoisotopic (exact) mass is 286 g/mol. The van der Waals surface area contributed by atoms with E-state index in [1.807, 2.05) is 13.8 Å². The number of ether oxygens (including phenoxy) is 1. The minimum atomic E-state index is -0.904. The number of hydrogen-bond acceptors (Lipinski definition) is 3. The molecule has 112 valence electrons. The Morgan fingerprint density at radius 2 is 2.05 bits per heavy atom. The molecule has 4 nitrogen and oxygen atoms in total. The zero-order chi connectivity index (χ0) is 15.3. The van der Waals surface area contributed by atoms with Crippen LogP contribution in [0.2, 0.25) is 0 Å². The largest absolute Gasteiger partial charge is 0.396 e. The molecule has 20 heavy (non-hydrogen) atoms. The molecule has 6 heteroatoms. The van der Waals surface area contributed by atoms with Gasteiger partial charge in [-0.15, -0.1) is 0 Å². The first-order chi connectivity index (χ1) is 9.26. The summed E-state index contributed by atoms with van der Waals surface area (Å²) in [6.07, 6.45) is 0.734. The van der Waals surface area contributed by atoms with Crippen molar-refractivity contribution in [3.63, 3.8) is 0 Å². The van der Waals surface area contributed by atoms with E-state index >= 15 is 0 Å². The summed E-state index contributed by atoms with van der Waals surface area (Å²) < 4.78 is 31.8. The number of hydrogen-bond donors (Lipinski definition) is 2. The average Bonchev–Trinajstić information content (AvgIpc) is 2.38. The first-order valence-corrected chi connectivity index (χ1v) is 6.28. The van der Waals surface area contributed by atoms with Crippen LogP contribution in [0.1, 0.15) is 30.6 Å². The van der Waals surface area contributed by atoms with Gasteiger partial charge in [-0.2, -0.15) is 0 Å². The van der Waals surface area contributed by atoms with Gasteiger partial charge >= 0.3 is 0 Å². The number of nitrogens with one attached hydrogen (secondary N) is 1. The highest BCUT2D eigenvalue weighted by atomic mass is 19.1. The maximum atomic E-state index is 13.7. The van der Waals surface area contributed by atoms with Gasteiger partial charge in [0.05, 0.1) is 11.3 Å². The molecule has 0 fully saturated rings. The molecule has 3 N–H and O–H groups in total. The molecule has 1 rings (SSSR count). The van der Waals surface area contributed by atoms with Crippen LogP contribution >= 0.6 is 0 Å². The zero-order valence-electron chi connectivity index (χ0n) is 11.9. The van der Waals surface area contributed by atoms with E-state index in [0.717, 1.165) is 18.6 Å². The van der Waals surface area contributed by atoms with Crippen LogP contribution in [-0.4, -0.2) is 26.2 Å². The van der Waals surface area contributed by atoms with Crippen molar-refractivity contribution in [1.82, 2.24) is 5.32 Å². The van der Waals surface area contributed by atoms with E-state index in [1.165, 1.54) is 0 Å². The van der Waals surface area contributed by atoms with Gasteiger partial charge in [-0.25, -0.2) is 8.78 Å². The third kappa shape index (κ3) is 4.45. The highest BCUT2D eigenvalue weighted by molar-refractivity contribution is 5.95. The normalized spacial score (nSPS) is 11.4. The molecule has 0 spiro atoms. The summed E-state index contributed by atoms with van der Waals surface area (Å²) in [5, 5.41) is 2.59. The molecule has 1 aromatic rings. The van der Waals surface area contributed by atoms with Crippen LogP contribution in [0.4, 0.5) is 14.5 Å². The Morgan fingerprint density at radius 3 is 2.65 bits per heavy atom. The molecule has 0 atom stereocenters. The van der Waals surface area contributed by atoms with Gasteiger partial charge < -0.3 is 15.8 Å². The highest BCUT2D eigenvalue weighted by Crippen LogP contribution is 2.20. The fourth-order valence-electron chi connectivity index (χ4n) is 1.66. The lowest BCUT2D eigenvalue weighted by molar-refractivity contribution is 0.0916. The smallest absolute Gasteiger partial charge is 0.254 e. The van der Waals surface area contributed by atoms with Crippen molar-refractivity contribution in [2.75, 3.05) is 26.0 Å². The molecule has 0 aliphatic rings. The molecule has 0 aliphatic carbocycles. The number of nitrogen functional groups attached to an aromatic ring is 1. The van der Waals surface area contributed by atoms with E-state index in [2.05, 4.69) is 5.32 Å². The summed E-state index contributed by atoms with van der Waals surface area (Å²) >= 11 is 0. The van der Waals surface area contributed by atoms with Crippen molar-refractivity contribution >= 4 is 11.6 Å². The maximum Gasteiger partial charge on any atom is 0.254 e. The molecule has 0 saturated heterocycles. The van der Waals surface area contributed by atoms with Gasteiger partial charge in [0.2, 0.25) is 0 Å². The fraction of sp³-hybridized carbons (Fsp3) is 0.500. The van der Waals surface area contributed by atoms with Crippen LogP contribution in [0.15, 0.2) is 12.1 Å². The molecule has 1 aromatic carbocycles. The Labute approximate surface area is 117 Å². The van der Waals surface area contributed by atoms with Crippen LogP contribution in [0, 0.1) is 17.0 Å². The second kappa shape index (κ2) is 6.65. The molecule has 0 aliphatic heterocycles. The van der Waals surface area contributed by atoms with Gasteiger partial charge in [-0.1, -0.05) is 13.8 Å². The van der Waals surface area contributed by atoms with Crippen molar-refractivity contribution in [3.8, 4) is 0 Å². The molecule has 0 heterocycles. The standard InChI is InChI=1S/C14H20F2N2O2/c1-14(2,4-5-20-3)8-18-13(19)10-6-9(15)7-11(17)12(10)16/h6-7H,4-5,8,17H2,1-3H3,(H,18,19). The number of nitrogens with two attached hydrogens (primary N) is 1. The van der Waals surface area contributed by atoms with Crippen LogP contribution in [0.5, 0.6) is 0 Å². The van der Waals surface area contributed by atoms with E-state index in [0.29, 0.717) is 13.2 Å². The summed E-state index contributed by atoms with van der Waals surface area (Å²) in [4.78, 5) is 11.9. The average molecular weight is 286 g/mol. The van der Waals surface area contributed by atoms with E-state index in [1.54, 1.807) is 7.11 Å². The predicted octanol–water partition coefficient (Wildman–Crippen LogP) is 2.34. The molecule has 0 aromatic heterocycles. The van der Waals surface area contributed by atoms with Crippen molar-refractivity contribution in [3.05, 3.63) is 29.3 Å². The Balaban J connectivity index is 2.73. The summed E-state index contributed by atoms with van der Waals surface area (Å²) in [6.45, 7) is 4.78. The number of carbonyl (C=O) groups is 1. The van der Waals surface area contributed by atoms with E-state index in [9.17, 15) is 13.6 Å². The topological polar surface area (TPSA) is 64.3 Å². The maximum absolute atomic E-state index is 13.7. The first-order valence-electron chi connectivity index (χ1n) is 6.28. The molecule has 0 unspecified atom stereocenters. The number of rotatable bonds is 6. The molecule has 1 amide bonds. The minimum Gasteiger partial charge on any atom is -0.396 e. The quantitative estimate of drug-likeness (QED) is 0.789. The lowest BCUT2D eigenvalue weighted by atomic mass is 9.89. The SMILES string of the molecule is COCCC(C)(C)CNC(=O)c1cc(F)cc(N)c1F. The summed E-state index contributed by atoms with van der Waals surface area (Å²) in [5.41, 5.74) is 4.32. The Kier molecular flexibility index (Phi) is 5.44. The fourth-order valence-corrected chi connectivity index (χ4v) is 1.66. The zero-order valence-corrected chi connectivity index (χ0v) is 11.9. The lowest BCUT2D eigenvalue weighted by Crippen LogP contribution is -2.35. The van der Waals surface area contributed by atoms with Gasteiger partial charge in [0.25, 0.3) is 5.91 Å². The number of anilines is 1. The Morgan fingerprint density at radius 1 is 1.40 bits per heavy atom. The number of carbonyl (C=O) groups excluding carboxylic acids is 1. The molecule has 0 bridgehead atoms. The van der Waals surface area contributed by atoms with Crippen LogP contribution < -0.4 is 11.1 Å². The molecular formula is C14H20F2N2O2.